The van der Waals surface area contributed by atoms with E-state index >= 15 is 0 Å². The maximum atomic E-state index is 12.7. The standard InChI is InChI=1S/C28H33N7O3/c1-3-23(36)34-14-6-7-20(16-34)35-27-24(26(29)31-17-32-27)25(33-35)19-12-10-18(11-13-19)15-30-28(37)21-8-4-5-9-22(21)38-2/h4-5,8-13,17,20,23,36H,3,6-7,14-16H2,1-2H3,(H,30,37)(H2,29,31,32). The number of rotatable bonds is 8. The molecular weight excluding hydrogens is 482 g/mol. The maximum absolute atomic E-state index is 12.7. The van der Waals surface area contributed by atoms with Crippen molar-refractivity contribution in [2.24, 2.45) is 0 Å². The number of ether oxygens (including phenoxy) is 1. The first-order valence-electron chi connectivity index (χ1n) is 12.9. The highest BCUT2D eigenvalue weighted by Gasteiger charge is 2.28. The van der Waals surface area contributed by atoms with Gasteiger partial charge in [-0.1, -0.05) is 43.3 Å². The molecular formula is C28H33N7O3. The summed E-state index contributed by atoms with van der Waals surface area (Å²) in [6.45, 7) is 3.91. The highest BCUT2D eigenvalue weighted by molar-refractivity contribution is 5.98. The number of aliphatic hydroxyl groups excluding tert-OH is 1. The fourth-order valence-electron chi connectivity index (χ4n) is 5.05. The van der Waals surface area contributed by atoms with E-state index in [0.717, 1.165) is 41.6 Å². The number of aromatic nitrogens is 4. The number of aliphatic hydroxyl groups is 1. The van der Waals surface area contributed by atoms with Crippen LogP contribution < -0.4 is 15.8 Å². The van der Waals surface area contributed by atoms with Gasteiger partial charge in [0.1, 0.15) is 29.8 Å². The predicted octanol–water partition coefficient (Wildman–Crippen LogP) is 3.38. The number of anilines is 1. The van der Waals surface area contributed by atoms with Gasteiger partial charge < -0.3 is 20.9 Å². The lowest BCUT2D eigenvalue weighted by molar-refractivity contribution is -0.0225. The van der Waals surface area contributed by atoms with Crippen LogP contribution in [0, 0.1) is 0 Å². The fourth-order valence-corrected chi connectivity index (χ4v) is 5.05. The fraction of sp³-hybridized carbons (Fsp3) is 0.357. The van der Waals surface area contributed by atoms with Gasteiger partial charge in [-0.3, -0.25) is 9.69 Å². The number of piperidine rings is 1. The quantitative estimate of drug-likeness (QED) is 0.325. The molecule has 1 saturated heterocycles. The first-order chi connectivity index (χ1) is 18.5. The molecule has 2 aromatic heterocycles. The number of likely N-dealkylation sites (tertiary alicyclic amines) is 1. The Hall–Kier alpha value is -4.02. The van der Waals surface area contributed by atoms with Gasteiger partial charge in [-0.15, -0.1) is 0 Å². The van der Waals surface area contributed by atoms with Gasteiger partial charge in [0.15, 0.2) is 5.65 Å². The average Bonchev–Trinajstić information content (AvgIpc) is 3.37. The van der Waals surface area contributed by atoms with E-state index in [-0.39, 0.29) is 11.9 Å². The molecule has 0 radical (unpaired) electrons. The van der Waals surface area contributed by atoms with Crippen LogP contribution in [0.15, 0.2) is 54.9 Å². The zero-order valence-corrected chi connectivity index (χ0v) is 21.7. The van der Waals surface area contributed by atoms with Crippen LogP contribution in [0.25, 0.3) is 22.3 Å². The summed E-state index contributed by atoms with van der Waals surface area (Å²) in [5.41, 5.74) is 10.0. The van der Waals surface area contributed by atoms with Crippen LogP contribution in [0.3, 0.4) is 0 Å². The third kappa shape index (κ3) is 5.05. The van der Waals surface area contributed by atoms with Gasteiger partial charge in [-0.25, -0.2) is 14.6 Å². The lowest BCUT2D eigenvalue weighted by atomic mass is 10.1. The number of para-hydroxylation sites is 1. The number of methoxy groups -OCH3 is 1. The topological polar surface area (TPSA) is 131 Å². The zero-order valence-electron chi connectivity index (χ0n) is 21.7. The van der Waals surface area contributed by atoms with Crippen molar-refractivity contribution in [2.75, 3.05) is 25.9 Å². The Morgan fingerprint density at radius 3 is 2.76 bits per heavy atom. The van der Waals surface area contributed by atoms with Crippen molar-refractivity contribution in [1.29, 1.82) is 0 Å². The normalized spacial score (nSPS) is 16.9. The first-order valence-corrected chi connectivity index (χ1v) is 12.9. The van der Waals surface area contributed by atoms with Crippen molar-refractivity contribution < 1.29 is 14.6 Å². The zero-order chi connectivity index (χ0) is 26.6. The molecule has 5 rings (SSSR count). The Labute approximate surface area is 221 Å². The molecule has 1 fully saturated rings. The molecule has 1 aliphatic rings. The minimum absolute atomic E-state index is 0.0694. The van der Waals surface area contributed by atoms with Gasteiger partial charge in [0.05, 0.1) is 24.1 Å². The van der Waals surface area contributed by atoms with Crippen LogP contribution >= 0.6 is 0 Å². The Kier molecular flexibility index (Phi) is 7.52. The summed E-state index contributed by atoms with van der Waals surface area (Å²) in [4.78, 5) is 23.5. The molecule has 4 N–H and O–H groups in total. The van der Waals surface area contributed by atoms with Gasteiger partial charge in [-0.05, 0) is 37.0 Å². The number of hydrogen-bond acceptors (Lipinski definition) is 8. The summed E-state index contributed by atoms with van der Waals surface area (Å²) >= 11 is 0. The van der Waals surface area contributed by atoms with Gasteiger partial charge in [0, 0.05) is 25.2 Å². The van der Waals surface area contributed by atoms with Gasteiger partial charge in [-0.2, -0.15) is 5.10 Å². The highest BCUT2D eigenvalue weighted by Crippen LogP contribution is 2.34. The third-order valence-corrected chi connectivity index (χ3v) is 7.11. The number of nitrogens with two attached hydrogens (primary N) is 1. The predicted molar refractivity (Wildman–Crippen MR) is 145 cm³/mol. The summed E-state index contributed by atoms with van der Waals surface area (Å²) < 4.78 is 7.23. The smallest absolute Gasteiger partial charge is 0.255 e. The van der Waals surface area contributed by atoms with Gasteiger partial charge in [0.25, 0.3) is 5.91 Å². The highest BCUT2D eigenvalue weighted by atomic mass is 16.5. The maximum Gasteiger partial charge on any atom is 0.255 e. The summed E-state index contributed by atoms with van der Waals surface area (Å²) in [6, 6.07) is 15.1. The summed E-state index contributed by atoms with van der Waals surface area (Å²) in [5, 5.41) is 19.0. The van der Waals surface area contributed by atoms with E-state index in [9.17, 15) is 9.90 Å². The van der Waals surface area contributed by atoms with Crippen molar-refractivity contribution in [3.63, 3.8) is 0 Å². The van der Waals surface area contributed by atoms with Crippen LogP contribution in [0.2, 0.25) is 0 Å². The van der Waals surface area contributed by atoms with Crippen molar-refractivity contribution in [1.82, 2.24) is 30.0 Å². The van der Waals surface area contributed by atoms with Crippen LogP contribution in [0.5, 0.6) is 5.75 Å². The monoisotopic (exact) mass is 515 g/mol. The molecule has 38 heavy (non-hydrogen) atoms. The second-order valence-electron chi connectivity index (χ2n) is 9.51. The molecule has 2 aromatic carbocycles. The molecule has 198 valence electrons. The van der Waals surface area contributed by atoms with Crippen LogP contribution in [0.4, 0.5) is 5.82 Å². The van der Waals surface area contributed by atoms with Crippen molar-refractivity contribution in [2.45, 2.75) is 45.0 Å². The molecule has 10 heteroatoms. The van der Waals surface area contributed by atoms with Crippen molar-refractivity contribution >= 4 is 22.8 Å². The number of benzene rings is 2. The van der Waals surface area contributed by atoms with Gasteiger partial charge >= 0.3 is 0 Å². The first kappa shape index (κ1) is 25.6. The molecule has 0 saturated carbocycles. The Bertz CT molecular complexity index is 1420. The minimum atomic E-state index is -0.463. The molecule has 1 amide bonds. The van der Waals surface area contributed by atoms with E-state index in [4.69, 9.17) is 15.6 Å². The minimum Gasteiger partial charge on any atom is -0.496 e. The summed E-state index contributed by atoms with van der Waals surface area (Å²) in [6.07, 6.45) is 3.59. The van der Waals surface area contributed by atoms with Crippen LogP contribution in [-0.2, 0) is 6.54 Å². The molecule has 3 heterocycles. The molecule has 0 aliphatic carbocycles. The number of fused-ring (bicyclic) bond motifs is 1. The third-order valence-electron chi connectivity index (χ3n) is 7.11. The number of amides is 1. The Morgan fingerprint density at radius 1 is 1.21 bits per heavy atom. The number of carbonyl (C=O) groups is 1. The van der Waals surface area contributed by atoms with Crippen molar-refractivity contribution in [3.8, 4) is 17.0 Å². The van der Waals surface area contributed by atoms with E-state index in [1.54, 1.807) is 19.2 Å². The number of nitrogens with zero attached hydrogens (tertiary/aromatic N) is 5. The molecule has 2 atom stereocenters. The molecule has 4 aromatic rings. The molecule has 2 unspecified atom stereocenters. The van der Waals surface area contributed by atoms with Gasteiger partial charge in [0.2, 0.25) is 0 Å². The summed E-state index contributed by atoms with van der Waals surface area (Å²) in [5.74, 6) is 0.717. The number of nitrogens with one attached hydrogen (secondary N) is 1. The largest absolute Gasteiger partial charge is 0.496 e. The molecule has 1 aliphatic heterocycles. The Morgan fingerprint density at radius 2 is 2.00 bits per heavy atom. The van der Waals surface area contributed by atoms with Crippen LogP contribution in [0.1, 0.15) is 48.1 Å². The van der Waals surface area contributed by atoms with E-state index in [2.05, 4.69) is 20.2 Å². The number of carbonyl (C=O) groups excluding carboxylic acids is 1. The second kappa shape index (κ2) is 11.2. The van der Waals surface area contributed by atoms with E-state index in [0.29, 0.717) is 42.3 Å². The van der Waals surface area contributed by atoms with E-state index in [1.807, 2.05) is 48.0 Å². The Balaban J connectivity index is 1.38. The van der Waals surface area contributed by atoms with Crippen molar-refractivity contribution in [3.05, 3.63) is 66.0 Å². The molecule has 0 spiro atoms. The number of nitrogen functional groups attached to an aromatic ring is 1. The molecule has 10 nitrogen and oxygen atoms in total. The summed E-state index contributed by atoms with van der Waals surface area (Å²) in [7, 11) is 1.55. The second-order valence-corrected chi connectivity index (χ2v) is 9.51. The lowest BCUT2D eigenvalue weighted by Crippen LogP contribution is -2.43. The SMILES string of the molecule is CCC(O)N1CCCC(n2nc(-c3ccc(CNC(=O)c4ccccc4OC)cc3)c3c(N)ncnc32)C1. The lowest BCUT2D eigenvalue weighted by Gasteiger charge is -2.35. The average molecular weight is 516 g/mol. The van der Waals surface area contributed by atoms with E-state index < -0.39 is 6.23 Å². The molecule has 0 bridgehead atoms. The number of hydrogen-bond donors (Lipinski definition) is 3. The van der Waals surface area contributed by atoms with E-state index in [1.165, 1.54) is 6.33 Å². The van der Waals surface area contributed by atoms with Crippen LogP contribution in [-0.4, -0.2) is 62.1 Å².